The van der Waals surface area contributed by atoms with Crippen LogP contribution in [0.2, 0.25) is 0 Å². The predicted octanol–water partition coefficient (Wildman–Crippen LogP) is 1.37. The van der Waals surface area contributed by atoms with Gasteiger partial charge in [-0.2, -0.15) is 0 Å². The highest BCUT2D eigenvalue weighted by Crippen LogP contribution is 2.17. The Labute approximate surface area is 129 Å². The number of hydrogen-bond donors (Lipinski definition) is 1. The largest absolute Gasteiger partial charge is 0.328 e. The number of nitrogens with two attached hydrogens (primary N) is 1. The summed E-state index contributed by atoms with van der Waals surface area (Å²) in [5, 5.41) is 0. The van der Waals surface area contributed by atoms with Crippen molar-refractivity contribution in [1.82, 2.24) is 14.5 Å². The molecule has 6 nitrogen and oxygen atoms in total. The smallest absolute Gasteiger partial charge is 0.251 e. The minimum atomic E-state index is -0.0508. The molecule has 22 heavy (non-hydrogen) atoms. The number of piperidine rings is 1. The Morgan fingerprint density at radius 1 is 1.32 bits per heavy atom. The number of fused-ring (bicyclic) bond motifs is 1. The second-order valence-corrected chi connectivity index (χ2v) is 5.71. The maximum absolute atomic E-state index is 12.2. The van der Waals surface area contributed by atoms with Gasteiger partial charge in [0.25, 0.3) is 5.56 Å². The number of pyridine rings is 2. The van der Waals surface area contributed by atoms with Crippen LogP contribution in [-0.4, -0.2) is 40.1 Å². The highest BCUT2D eigenvalue weighted by atomic mass is 16.1. The van der Waals surface area contributed by atoms with Gasteiger partial charge in [-0.15, -0.1) is 0 Å². The average Bonchev–Trinajstić information content (AvgIpc) is 2.55. The van der Waals surface area contributed by atoms with Gasteiger partial charge in [0.05, 0.1) is 17.6 Å². The summed E-state index contributed by atoms with van der Waals surface area (Å²) in [4.78, 5) is 22.2. The molecule has 114 valence electrons. The molecule has 2 aromatic heterocycles. The Hall–Kier alpha value is -2.23. The fourth-order valence-electron chi connectivity index (χ4n) is 2.87. The van der Waals surface area contributed by atoms with Gasteiger partial charge in [-0.1, -0.05) is 0 Å². The summed E-state index contributed by atoms with van der Waals surface area (Å²) in [6, 6.07) is 5.30. The Balaban J connectivity index is 1.84. The van der Waals surface area contributed by atoms with Crippen LogP contribution in [-0.2, 0) is 6.54 Å². The molecular formula is C16H19N5O. The second kappa shape index (κ2) is 6.26. The lowest BCUT2D eigenvalue weighted by atomic mass is 10.1. The van der Waals surface area contributed by atoms with Crippen molar-refractivity contribution in [3.63, 3.8) is 0 Å². The van der Waals surface area contributed by atoms with Crippen molar-refractivity contribution < 1.29 is 0 Å². The lowest BCUT2D eigenvalue weighted by Gasteiger charge is -2.30. The van der Waals surface area contributed by atoms with Crippen molar-refractivity contribution >= 4 is 16.7 Å². The Morgan fingerprint density at radius 2 is 2.09 bits per heavy atom. The third-order valence-corrected chi connectivity index (χ3v) is 4.22. The molecule has 1 aliphatic heterocycles. The van der Waals surface area contributed by atoms with Gasteiger partial charge in [0.15, 0.2) is 0 Å². The third kappa shape index (κ3) is 3.01. The molecule has 0 amide bonds. The summed E-state index contributed by atoms with van der Waals surface area (Å²) in [7, 11) is 0. The first-order valence-electron chi connectivity index (χ1n) is 7.52. The van der Waals surface area contributed by atoms with Crippen molar-refractivity contribution in [1.29, 1.82) is 0 Å². The number of nitrogens with zero attached hydrogens (tertiary/aromatic N) is 4. The van der Waals surface area contributed by atoms with E-state index >= 15 is 0 Å². The zero-order chi connectivity index (χ0) is 15.5. The van der Waals surface area contributed by atoms with E-state index in [-0.39, 0.29) is 5.56 Å². The van der Waals surface area contributed by atoms with Gasteiger partial charge in [0.2, 0.25) is 5.69 Å². The maximum atomic E-state index is 12.2. The van der Waals surface area contributed by atoms with Crippen molar-refractivity contribution in [2.75, 3.05) is 19.6 Å². The lowest BCUT2D eigenvalue weighted by molar-refractivity contribution is 0.206. The van der Waals surface area contributed by atoms with Crippen LogP contribution in [0.1, 0.15) is 12.8 Å². The van der Waals surface area contributed by atoms with Crippen molar-refractivity contribution in [2.45, 2.75) is 25.4 Å². The SMILES string of the molecule is [C-]#[N+]c1cnc2ccc(=O)n(CCN3CCC(N)CC3)c2c1. The number of rotatable bonds is 3. The average molecular weight is 297 g/mol. The van der Waals surface area contributed by atoms with Gasteiger partial charge in [0, 0.05) is 31.4 Å². The Bertz CT molecular complexity index is 768. The minimum absolute atomic E-state index is 0.0508. The molecule has 0 unspecified atom stereocenters. The van der Waals surface area contributed by atoms with Crippen molar-refractivity contribution in [2.24, 2.45) is 5.73 Å². The van der Waals surface area contributed by atoms with Gasteiger partial charge in [0.1, 0.15) is 0 Å². The summed E-state index contributed by atoms with van der Waals surface area (Å²) in [6.07, 6.45) is 3.55. The van der Waals surface area contributed by atoms with E-state index < -0.39 is 0 Å². The van der Waals surface area contributed by atoms with Crippen LogP contribution < -0.4 is 11.3 Å². The molecule has 6 heteroatoms. The summed E-state index contributed by atoms with van der Waals surface area (Å²) in [5.41, 5.74) is 7.79. The van der Waals surface area contributed by atoms with Crippen LogP contribution in [0.4, 0.5) is 5.69 Å². The lowest BCUT2D eigenvalue weighted by Crippen LogP contribution is -2.41. The number of aromatic nitrogens is 2. The topological polar surface area (TPSA) is 68.5 Å². The van der Waals surface area contributed by atoms with Gasteiger partial charge in [-0.3, -0.25) is 9.78 Å². The molecular weight excluding hydrogens is 278 g/mol. The summed E-state index contributed by atoms with van der Waals surface area (Å²) in [6.45, 7) is 10.5. The zero-order valence-electron chi connectivity index (χ0n) is 12.4. The van der Waals surface area contributed by atoms with E-state index in [0.717, 1.165) is 43.5 Å². The van der Waals surface area contributed by atoms with Crippen LogP contribution >= 0.6 is 0 Å². The quantitative estimate of drug-likeness (QED) is 0.869. The molecule has 0 radical (unpaired) electrons. The van der Waals surface area contributed by atoms with Crippen molar-refractivity contribution in [3.05, 3.63) is 46.2 Å². The summed E-state index contributed by atoms with van der Waals surface area (Å²) >= 11 is 0. The van der Waals surface area contributed by atoms with Crippen molar-refractivity contribution in [3.8, 4) is 0 Å². The van der Waals surface area contributed by atoms with Crippen LogP contribution in [0.3, 0.4) is 0 Å². The van der Waals surface area contributed by atoms with E-state index in [0.29, 0.717) is 18.3 Å². The normalized spacial score (nSPS) is 16.7. The monoisotopic (exact) mass is 297 g/mol. The summed E-state index contributed by atoms with van der Waals surface area (Å²) < 4.78 is 1.71. The molecule has 0 saturated carbocycles. The highest BCUT2D eigenvalue weighted by Gasteiger charge is 2.16. The molecule has 1 aliphatic rings. The van der Waals surface area contributed by atoms with E-state index in [2.05, 4.69) is 14.7 Å². The number of likely N-dealkylation sites (tertiary alicyclic amines) is 1. The molecule has 3 heterocycles. The number of hydrogen-bond acceptors (Lipinski definition) is 4. The van der Waals surface area contributed by atoms with Gasteiger partial charge in [-0.25, -0.2) is 4.85 Å². The second-order valence-electron chi connectivity index (χ2n) is 5.71. The summed E-state index contributed by atoms with van der Waals surface area (Å²) in [5.74, 6) is 0. The standard InChI is InChI=1S/C16H19N5O/c1-18-13-10-15-14(19-11-13)2-3-16(22)21(15)9-8-20-6-4-12(17)5-7-20/h2-3,10-12H,4-9,17H2. The fraction of sp³-hybridized carbons (Fsp3) is 0.438. The van der Waals surface area contributed by atoms with E-state index in [9.17, 15) is 4.79 Å². The van der Waals surface area contributed by atoms with Gasteiger partial charge < -0.3 is 15.2 Å². The molecule has 0 aromatic carbocycles. The minimum Gasteiger partial charge on any atom is -0.328 e. The molecule has 3 rings (SSSR count). The molecule has 0 bridgehead atoms. The maximum Gasteiger partial charge on any atom is 0.251 e. The van der Waals surface area contributed by atoms with Crippen LogP contribution in [0.15, 0.2) is 29.2 Å². The van der Waals surface area contributed by atoms with E-state index in [4.69, 9.17) is 12.3 Å². The molecule has 0 spiro atoms. The molecule has 2 aromatic rings. The van der Waals surface area contributed by atoms with Crippen LogP contribution in [0.25, 0.3) is 15.9 Å². The first kappa shape index (κ1) is 14.7. The fourth-order valence-corrected chi connectivity index (χ4v) is 2.87. The Kier molecular flexibility index (Phi) is 4.18. The van der Waals surface area contributed by atoms with E-state index in [1.165, 1.54) is 6.20 Å². The molecule has 0 atom stereocenters. The van der Waals surface area contributed by atoms with Gasteiger partial charge >= 0.3 is 0 Å². The highest BCUT2D eigenvalue weighted by molar-refractivity contribution is 5.78. The first-order chi connectivity index (χ1) is 10.7. The third-order valence-electron chi connectivity index (χ3n) is 4.22. The molecule has 2 N–H and O–H groups in total. The van der Waals surface area contributed by atoms with Crippen LogP contribution in [0, 0.1) is 6.57 Å². The Morgan fingerprint density at radius 3 is 2.82 bits per heavy atom. The molecule has 1 fully saturated rings. The van der Waals surface area contributed by atoms with E-state index in [1.807, 2.05) is 0 Å². The molecule has 1 saturated heterocycles. The first-order valence-corrected chi connectivity index (χ1v) is 7.52. The van der Waals surface area contributed by atoms with Gasteiger partial charge in [-0.05, 0) is 38.1 Å². The van der Waals surface area contributed by atoms with E-state index in [1.54, 1.807) is 22.8 Å². The zero-order valence-corrected chi connectivity index (χ0v) is 12.4. The predicted molar refractivity (Wildman–Crippen MR) is 85.9 cm³/mol. The molecule has 0 aliphatic carbocycles. The van der Waals surface area contributed by atoms with Crippen LogP contribution in [0.5, 0.6) is 0 Å².